The van der Waals surface area contributed by atoms with Crippen LogP contribution in [0.1, 0.15) is 29.3 Å². The molecule has 0 saturated heterocycles. The molecule has 0 aliphatic carbocycles. The van der Waals surface area contributed by atoms with Gasteiger partial charge in [-0.05, 0) is 58.1 Å². The lowest BCUT2D eigenvalue weighted by Gasteiger charge is -2.19. The molecule has 0 spiro atoms. The van der Waals surface area contributed by atoms with Crippen molar-refractivity contribution in [2.24, 2.45) is 5.73 Å². The highest BCUT2D eigenvalue weighted by Gasteiger charge is 2.16. The summed E-state index contributed by atoms with van der Waals surface area (Å²) in [5.74, 6) is 1.75. The number of fused-ring (bicyclic) bond motifs is 1. The van der Waals surface area contributed by atoms with Crippen molar-refractivity contribution in [3.63, 3.8) is 0 Å². The minimum absolute atomic E-state index is 0.233. The van der Waals surface area contributed by atoms with Gasteiger partial charge in [0.15, 0.2) is 4.67 Å². The fraction of sp³-hybridized carbons (Fsp3) is 0.286. The topological polar surface area (TPSA) is 48.4 Å². The van der Waals surface area contributed by atoms with Crippen LogP contribution in [0.5, 0.6) is 5.75 Å². The van der Waals surface area contributed by atoms with Gasteiger partial charge >= 0.3 is 0 Å². The Bertz CT molecular complexity index is 565. The normalized spacial score (nSPS) is 15.9. The van der Waals surface area contributed by atoms with Crippen molar-refractivity contribution in [1.29, 1.82) is 0 Å². The summed E-state index contributed by atoms with van der Waals surface area (Å²) in [7, 11) is 0. The summed E-state index contributed by atoms with van der Waals surface area (Å²) in [5.41, 5.74) is 8.50. The van der Waals surface area contributed by atoms with Crippen molar-refractivity contribution in [2.45, 2.75) is 18.9 Å². The van der Waals surface area contributed by atoms with Crippen molar-refractivity contribution < 1.29 is 9.15 Å². The van der Waals surface area contributed by atoms with Gasteiger partial charge in [-0.25, -0.2) is 0 Å². The van der Waals surface area contributed by atoms with E-state index in [0.29, 0.717) is 4.67 Å². The van der Waals surface area contributed by atoms with E-state index in [1.165, 1.54) is 5.56 Å². The Labute approximate surface area is 114 Å². The van der Waals surface area contributed by atoms with Crippen LogP contribution < -0.4 is 10.5 Å². The lowest BCUT2D eigenvalue weighted by atomic mass is 9.98. The number of aryl methyl sites for hydroxylation is 1. The van der Waals surface area contributed by atoms with E-state index in [9.17, 15) is 0 Å². The maximum Gasteiger partial charge on any atom is 0.169 e. The molecule has 3 rings (SSSR count). The highest BCUT2D eigenvalue weighted by Crippen LogP contribution is 2.30. The molecule has 94 valence electrons. The Morgan fingerprint density at radius 2 is 2.11 bits per heavy atom. The summed E-state index contributed by atoms with van der Waals surface area (Å²) in [6, 6.07) is 9.65. The zero-order valence-corrected chi connectivity index (χ0v) is 11.4. The summed E-state index contributed by atoms with van der Waals surface area (Å²) in [6.07, 6.45) is 2.12. The van der Waals surface area contributed by atoms with Gasteiger partial charge in [-0.1, -0.05) is 12.1 Å². The number of rotatable bonds is 2. The average molecular weight is 308 g/mol. The molecule has 0 bridgehead atoms. The van der Waals surface area contributed by atoms with Crippen LogP contribution in [-0.4, -0.2) is 6.61 Å². The van der Waals surface area contributed by atoms with Crippen LogP contribution in [-0.2, 0) is 6.42 Å². The van der Waals surface area contributed by atoms with Gasteiger partial charge in [-0.3, -0.25) is 0 Å². The molecular formula is C14H14BrNO2. The van der Waals surface area contributed by atoms with Crippen LogP contribution in [0, 0.1) is 0 Å². The van der Waals surface area contributed by atoms with Crippen LogP contribution in [0.25, 0.3) is 0 Å². The number of ether oxygens (including phenoxy) is 1. The van der Waals surface area contributed by atoms with Crippen molar-refractivity contribution >= 4 is 15.9 Å². The van der Waals surface area contributed by atoms with Gasteiger partial charge in [0, 0.05) is 0 Å². The number of nitrogens with two attached hydrogens (primary N) is 1. The summed E-state index contributed by atoms with van der Waals surface area (Å²) >= 11 is 3.29. The van der Waals surface area contributed by atoms with Crippen molar-refractivity contribution in [3.05, 3.63) is 51.9 Å². The second-order valence-electron chi connectivity index (χ2n) is 4.44. The SMILES string of the molecule is NC(c1ccc2c(c1)CCCO2)c1ccc(Br)o1. The minimum atomic E-state index is -0.233. The van der Waals surface area contributed by atoms with Gasteiger partial charge in [0.2, 0.25) is 0 Å². The molecule has 0 saturated carbocycles. The molecule has 3 nitrogen and oxygen atoms in total. The first kappa shape index (κ1) is 11.8. The molecule has 18 heavy (non-hydrogen) atoms. The number of hydrogen-bond donors (Lipinski definition) is 1. The molecule has 1 aromatic carbocycles. The van der Waals surface area contributed by atoms with E-state index in [4.69, 9.17) is 14.9 Å². The van der Waals surface area contributed by atoms with Crippen LogP contribution in [0.4, 0.5) is 0 Å². The number of halogens is 1. The largest absolute Gasteiger partial charge is 0.493 e. The van der Waals surface area contributed by atoms with Crippen molar-refractivity contribution in [3.8, 4) is 5.75 Å². The molecule has 0 amide bonds. The Hall–Kier alpha value is -1.26. The first-order valence-corrected chi connectivity index (χ1v) is 6.80. The molecule has 0 fully saturated rings. The maximum atomic E-state index is 6.21. The van der Waals surface area contributed by atoms with Crippen LogP contribution in [0.15, 0.2) is 39.4 Å². The van der Waals surface area contributed by atoms with Crippen LogP contribution >= 0.6 is 15.9 Å². The second kappa shape index (κ2) is 4.78. The van der Waals surface area contributed by atoms with Gasteiger partial charge in [-0.2, -0.15) is 0 Å². The van der Waals surface area contributed by atoms with E-state index < -0.39 is 0 Å². The van der Waals surface area contributed by atoms with Crippen LogP contribution in [0.2, 0.25) is 0 Å². The smallest absolute Gasteiger partial charge is 0.169 e. The summed E-state index contributed by atoms with van der Waals surface area (Å²) in [6.45, 7) is 0.809. The van der Waals surface area contributed by atoms with E-state index >= 15 is 0 Å². The van der Waals surface area contributed by atoms with Gasteiger partial charge in [0.25, 0.3) is 0 Å². The lowest BCUT2D eigenvalue weighted by molar-refractivity contribution is 0.288. The fourth-order valence-electron chi connectivity index (χ4n) is 2.23. The first-order chi connectivity index (χ1) is 8.74. The van der Waals surface area contributed by atoms with E-state index in [1.807, 2.05) is 24.3 Å². The van der Waals surface area contributed by atoms with Gasteiger partial charge in [-0.15, -0.1) is 0 Å². The predicted octanol–water partition coefficient (Wildman–Crippen LogP) is 3.42. The highest BCUT2D eigenvalue weighted by atomic mass is 79.9. The van der Waals surface area contributed by atoms with Gasteiger partial charge in [0.1, 0.15) is 11.5 Å². The van der Waals surface area contributed by atoms with Crippen LogP contribution in [0.3, 0.4) is 0 Å². The zero-order chi connectivity index (χ0) is 12.5. The zero-order valence-electron chi connectivity index (χ0n) is 9.86. The average Bonchev–Trinajstić information content (AvgIpc) is 2.84. The van der Waals surface area contributed by atoms with Crippen molar-refractivity contribution in [2.75, 3.05) is 6.61 Å². The predicted molar refractivity (Wildman–Crippen MR) is 72.7 cm³/mol. The number of furan rings is 1. The standard InChI is InChI=1S/C14H14BrNO2/c15-13-6-5-12(18-13)14(16)10-3-4-11-9(8-10)2-1-7-17-11/h3-6,8,14H,1-2,7,16H2. The molecule has 2 aromatic rings. The second-order valence-corrected chi connectivity index (χ2v) is 5.22. The molecule has 4 heteroatoms. The number of benzene rings is 1. The van der Waals surface area contributed by atoms with Gasteiger partial charge in [0.05, 0.1) is 12.6 Å². The third-order valence-electron chi connectivity index (χ3n) is 3.19. The first-order valence-electron chi connectivity index (χ1n) is 6.00. The summed E-state index contributed by atoms with van der Waals surface area (Å²) in [5, 5.41) is 0. The summed E-state index contributed by atoms with van der Waals surface area (Å²) < 4.78 is 11.8. The molecule has 0 radical (unpaired) electrons. The quantitative estimate of drug-likeness (QED) is 0.925. The van der Waals surface area contributed by atoms with E-state index in [-0.39, 0.29) is 6.04 Å². The van der Waals surface area contributed by atoms with Crippen molar-refractivity contribution in [1.82, 2.24) is 0 Å². The molecule has 1 aliphatic rings. The lowest BCUT2D eigenvalue weighted by Crippen LogP contribution is -2.13. The number of hydrogen-bond acceptors (Lipinski definition) is 3. The summed E-state index contributed by atoms with van der Waals surface area (Å²) in [4.78, 5) is 0. The van der Waals surface area contributed by atoms with E-state index in [0.717, 1.165) is 36.5 Å². The Kier molecular flexibility index (Phi) is 3.14. The molecule has 2 heterocycles. The maximum absolute atomic E-state index is 6.21. The molecular weight excluding hydrogens is 294 g/mol. The molecule has 1 atom stereocenters. The Morgan fingerprint density at radius 3 is 2.89 bits per heavy atom. The fourth-order valence-corrected chi connectivity index (χ4v) is 2.55. The minimum Gasteiger partial charge on any atom is -0.493 e. The molecule has 1 aromatic heterocycles. The molecule has 2 N–H and O–H groups in total. The van der Waals surface area contributed by atoms with E-state index in [1.54, 1.807) is 0 Å². The molecule has 1 aliphatic heterocycles. The van der Waals surface area contributed by atoms with Gasteiger partial charge < -0.3 is 14.9 Å². The molecule has 1 unspecified atom stereocenters. The highest BCUT2D eigenvalue weighted by molar-refractivity contribution is 9.10. The Morgan fingerprint density at radius 1 is 1.22 bits per heavy atom. The third-order valence-corrected chi connectivity index (χ3v) is 3.62. The monoisotopic (exact) mass is 307 g/mol. The third kappa shape index (κ3) is 2.18. The Balaban J connectivity index is 1.92. The van der Waals surface area contributed by atoms with E-state index in [2.05, 4.69) is 22.0 Å².